The fourth-order valence-electron chi connectivity index (χ4n) is 3.88. The Morgan fingerprint density at radius 3 is 2.30 bits per heavy atom. The van der Waals surface area contributed by atoms with Crippen molar-refractivity contribution in [2.75, 3.05) is 13.2 Å². The molecule has 120 valence electrons. The highest BCUT2D eigenvalue weighted by Gasteiger charge is 2.62. The summed E-state index contributed by atoms with van der Waals surface area (Å²) in [5.74, 6) is -1.46. The molecular formula is C17H17NO5. The fraction of sp³-hybridized carbons (Fsp3) is 0.471. The van der Waals surface area contributed by atoms with Gasteiger partial charge in [0.15, 0.2) is 0 Å². The third kappa shape index (κ3) is 2.25. The van der Waals surface area contributed by atoms with Gasteiger partial charge in [0.05, 0.1) is 36.2 Å². The van der Waals surface area contributed by atoms with E-state index in [-0.39, 0.29) is 49.0 Å². The lowest BCUT2D eigenvalue weighted by Crippen LogP contribution is -2.37. The number of benzene rings is 1. The Morgan fingerprint density at radius 2 is 1.70 bits per heavy atom. The number of likely N-dealkylation sites (tertiary alicyclic amines) is 1. The second kappa shape index (κ2) is 5.45. The van der Waals surface area contributed by atoms with Gasteiger partial charge in [0, 0.05) is 0 Å². The highest BCUT2D eigenvalue weighted by Crippen LogP contribution is 2.48. The van der Waals surface area contributed by atoms with Crippen molar-refractivity contribution in [1.29, 1.82) is 0 Å². The molecule has 0 aliphatic carbocycles. The van der Waals surface area contributed by atoms with Gasteiger partial charge in [0.25, 0.3) is 0 Å². The lowest BCUT2D eigenvalue weighted by atomic mass is 9.81. The average Bonchev–Trinajstić information content (AvgIpc) is 3.25. The summed E-state index contributed by atoms with van der Waals surface area (Å²) >= 11 is 0. The van der Waals surface area contributed by atoms with Crippen molar-refractivity contribution < 1.29 is 23.9 Å². The lowest BCUT2D eigenvalue weighted by Gasteiger charge is -2.17. The molecule has 0 saturated carbocycles. The molecule has 4 rings (SSSR count). The van der Waals surface area contributed by atoms with E-state index in [0.717, 1.165) is 12.8 Å². The standard InChI is InChI=1S/C17H17NO5/c19-15-13-11-6-7-12(23-11)14(13)16(20)18(15)8-9-22-17(21)10-4-2-1-3-5-10/h1-5,11-14H,6-9H2. The quantitative estimate of drug-likeness (QED) is 0.612. The van der Waals surface area contributed by atoms with Gasteiger partial charge in [-0.2, -0.15) is 0 Å². The molecule has 3 aliphatic rings. The van der Waals surface area contributed by atoms with E-state index in [1.54, 1.807) is 24.3 Å². The van der Waals surface area contributed by atoms with Crippen molar-refractivity contribution in [3.05, 3.63) is 35.9 Å². The van der Waals surface area contributed by atoms with Crippen LogP contribution in [0.2, 0.25) is 0 Å². The van der Waals surface area contributed by atoms with Crippen molar-refractivity contribution >= 4 is 17.8 Å². The van der Waals surface area contributed by atoms with Crippen molar-refractivity contribution in [3.63, 3.8) is 0 Å². The van der Waals surface area contributed by atoms with Crippen LogP contribution in [0.4, 0.5) is 0 Å². The summed E-state index contributed by atoms with van der Waals surface area (Å²) in [6.45, 7) is 0.128. The maximum atomic E-state index is 12.4. The molecule has 2 bridgehead atoms. The summed E-state index contributed by atoms with van der Waals surface area (Å²) < 4.78 is 10.8. The fourth-order valence-corrected chi connectivity index (χ4v) is 3.88. The van der Waals surface area contributed by atoms with Gasteiger partial charge >= 0.3 is 5.97 Å². The molecule has 4 atom stereocenters. The summed E-state index contributed by atoms with van der Waals surface area (Å²) in [6, 6.07) is 8.64. The van der Waals surface area contributed by atoms with Crippen LogP contribution >= 0.6 is 0 Å². The van der Waals surface area contributed by atoms with Crippen molar-refractivity contribution in [3.8, 4) is 0 Å². The molecule has 0 N–H and O–H groups in total. The molecule has 4 unspecified atom stereocenters. The van der Waals surface area contributed by atoms with Gasteiger partial charge in [-0.1, -0.05) is 18.2 Å². The number of carbonyl (C=O) groups is 3. The minimum absolute atomic E-state index is 0.0147. The maximum absolute atomic E-state index is 12.4. The number of hydrogen-bond acceptors (Lipinski definition) is 5. The number of rotatable bonds is 4. The SMILES string of the molecule is O=C(OCCN1C(=O)C2C3CCC(O3)C2C1=O)c1ccccc1. The molecule has 3 heterocycles. The van der Waals surface area contributed by atoms with Gasteiger partial charge in [-0.05, 0) is 25.0 Å². The molecule has 1 aromatic rings. The predicted molar refractivity (Wildman–Crippen MR) is 78.3 cm³/mol. The summed E-state index contributed by atoms with van der Waals surface area (Å²) in [4.78, 5) is 37.9. The van der Waals surface area contributed by atoms with Crippen LogP contribution in [0.3, 0.4) is 0 Å². The zero-order valence-electron chi connectivity index (χ0n) is 12.5. The minimum atomic E-state index is -0.451. The summed E-state index contributed by atoms with van der Waals surface area (Å²) in [7, 11) is 0. The topological polar surface area (TPSA) is 72.9 Å². The average molecular weight is 315 g/mol. The first kappa shape index (κ1) is 14.4. The molecule has 0 aromatic heterocycles. The van der Waals surface area contributed by atoms with Crippen LogP contribution in [0.5, 0.6) is 0 Å². The number of nitrogens with zero attached hydrogens (tertiary/aromatic N) is 1. The second-order valence-electron chi connectivity index (χ2n) is 6.17. The Labute approximate surface area is 133 Å². The molecule has 2 amide bonds. The summed E-state index contributed by atoms with van der Waals surface area (Å²) in [5, 5.41) is 0. The molecule has 3 aliphatic heterocycles. The van der Waals surface area contributed by atoms with E-state index in [1.165, 1.54) is 4.90 Å². The van der Waals surface area contributed by atoms with Crippen LogP contribution in [0.1, 0.15) is 23.2 Å². The molecule has 0 spiro atoms. The van der Waals surface area contributed by atoms with Crippen LogP contribution in [0.15, 0.2) is 30.3 Å². The van der Waals surface area contributed by atoms with Crippen molar-refractivity contribution in [2.45, 2.75) is 25.0 Å². The predicted octanol–water partition coefficient (Wildman–Crippen LogP) is 1.01. The Bertz CT molecular complexity index is 630. The van der Waals surface area contributed by atoms with E-state index in [9.17, 15) is 14.4 Å². The second-order valence-corrected chi connectivity index (χ2v) is 6.17. The molecule has 23 heavy (non-hydrogen) atoms. The highest BCUT2D eigenvalue weighted by atomic mass is 16.5. The molecule has 6 heteroatoms. The van der Waals surface area contributed by atoms with Gasteiger partial charge in [0.1, 0.15) is 6.61 Å². The Balaban J connectivity index is 1.36. The first-order valence-corrected chi connectivity index (χ1v) is 7.89. The van der Waals surface area contributed by atoms with E-state index >= 15 is 0 Å². The number of imide groups is 1. The first-order chi connectivity index (χ1) is 11.2. The van der Waals surface area contributed by atoms with Crippen LogP contribution in [0, 0.1) is 11.8 Å². The highest BCUT2D eigenvalue weighted by molar-refractivity contribution is 6.06. The van der Waals surface area contributed by atoms with E-state index in [2.05, 4.69) is 0 Å². The number of esters is 1. The number of hydrogen-bond donors (Lipinski definition) is 0. The normalized spacial score (nSPS) is 31.6. The Morgan fingerprint density at radius 1 is 1.09 bits per heavy atom. The zero-order chi connectivity index (χ0) is 16.0. The molecule has 1 aromatic carbocycles. The number of fused-ring (bicyclic) bond motifs is 5. The van der Waals surface area contributed by atoms with Crippen LogP contribution in [-0.2, 0) is 19.1 Å². The number of amides is 2. The van der Waals surface area contributed by atoms with E-state index < -0.39 is 5.97 Å². The lowest BCUT2D eigenvalue weighted by molar-refractivity contribution is -0.143. The van der Waals surface area contributed by atoms with E-state index in [4.69, 9.17) is 9.47 Å². The van der Waals surface area contributed by atoms with Crippen LogP contribution in [0.25, 0.3) is 0 Å². The van der Waals surface area contributed by atoms with Gasteiger partial charge in [0.2, 0.25) is 11.8 Å². The Hall–Kier alpha value is -2.21. The third-order valence-corrected chi connectivity index (χ3v) is 4.93. The van der Waals surface area contributed by atoms with E-state index in [0.29, 0.717) is 5.56 Å². The molecule has 3 fully saturated rings. The summed E-state index contributed by atoms with van der Waals surface area (Å²) in [6.07, 6.45) is 1.47. The van der Waals surface area contributed by atoms with E-state index in [1.807, 2.05) is 6.07 Å². The monoisotopic (exact) mass is 315 g/mol. The van der Waals surface area contributed by atoms with Crippen LogP contribution in [-0.4, -0.2) is 48.0 Å². The maximum Gasteiger partial charge on any atom is 0.338 e. The first-order valence-electron chi connectivity index (χ1n) is 7.89. The van der Waals surface area contributed by atoms with Crippen molar-refractivity contribution in [2.24, 2.45) is 11.8 Å². The smallest absolute Gasteiger partial charge is 0.338 e. The van der Waals surface area contributed by atoms with Gasteiger partial charge in [-0.25, -0.2) is 4.79 Å². The third-order valence-electron chi connectivity index (χ3n) is 4.93. The van der Waals surface area contributed by atoms with Crippen LogP contribution < -0.4 is 0 Å². The molecular weight excluding hydrogens is 298 g/mol. The molecule has 6 nitrogen and oxygen atoms in total. The number of carbonyl (C=O) groups excluding carboxylic acids is 3. The summed E-state index contributed by atoms with van der Waals surface area (Å²) in [5.41, 5.74) is 0.454. The Kier molecular flexibility index (Phi) is 3.41. The van der Waals surface area contributed by atoms with Crippen molar-refractivity contribution in [1.82, 2.24) is 4.90 Å². The van der Waals surface area contributed by atoms with Gasteiger partial charge < -0.3 is 9.47 Å². The molecule has 3 saturated heterocycles. The largest absolute Gasteiger partial charge is 0.460 e. The zero-order valence-corrected chi connectivity index (χ0v) is 12.5. The molecule has 0 radical (unpaired) electrons. The van der Waals surface area contributed by atoms with Gasteiger partial charge in [-0.3, -0.25) is 14.5 Å². The number of ether oxygens (including phenoxy) is 2. The minimum Gasteiger partial charge on any atom is -0.460 e. The van der Waals surface area contributed by atoms with Gasteiger partial charge in [-0.15, -0.1) is 0 Å².